The molecule has 2 amide bonds. The molecule has 0 aliphatic heterocycles. The SMILES string of the molecule is CNC(=O)c1ccc(OC)c(NC(=O)c2ccc(OC)c(F)c2)c1. The average molecular weight is 332 g/mol. The summed E-state index contributed by atoms with van der Waals surface area (Å²) in [6.07, 6.45) is 0. The summed E-state index contributed by atoms with van der Waals surface area (Å²) in [5.74, 6) is -1.06. The zero-order chi connectivity index (χ0) is 17.7. The first-order valence-corrected chi connectivity index (χ1v) is 7.05. The van der Waals surface area contributed by atoms with Crippen LogP contribution >= 0.6 is 0 Å². The zero-order valence-corrected chi connectivity index (χ0v) is 13.5. The molecule has 6 nitrogen and oxygen atoms in total. The second kappa shape index (κ2) is 7.45. The number of rotatable bonds is 5. The van der Waals surface area contributed by atoms with E-state index in [1.54, 1.807) is 12.1 Å². The first-order chi connectivity index (χ1) is 11.5. The van der Waals surface area contributed by atoms with Gasteiger partial charge in [-0.05, 0) is 36.4 Å². The second-order valence-electron chi connectivity index (χ2n) is 4.80. The highest BCUT2D eigenvalue weighted by Gasteiger charge is 2.14. The predicted octanol–water partition coefficient (Wildman–Crippen LogP) is 2.45. The third-order valence-electron chi connectivity index (χ3n) is 3.35. The van der Waals surface area contributed by atoms with Gasteiger partial charge in [-0.25, -0.2) is 4.39 Å². The fraction of sp³-hybridized carbons (Fsp3) is 0.176. The lowest BCUT2D eigenvalue weighted by molar-refractivity contribution is 0.0961. The number of nitrogens with one attached hydrogen (secondary N) is 2. The van der Waals surface area contributed by atoms with Crippen molar-refractivity contribution in [2.24, 2.45) is 0 Å². The number of benzene rings is 2. The van der Waals surface area contributed by atoms with Crippen LogP contribution in [0.2, 0.25) is 0 Å². The van der Waals surface area contributed by atoms with E-state index < -0.39 is 11.7 Å². The van der Waals surface area contributed by atoms with Crippen molar-refractivity contribution in [1.82, 2.24) is 5.32 Å². The van der Waals surface area contributed by atoms with Crippen LogP contribution in [0.25, 0.3) is 0 Å². The number of amides is 2. The van der Waals surface area contributed by atoms with Crippen molar-refractivity contribution in [1.29, 1.82) is 0 Å². The lowest BCUT2D eigenvalue weighted by Gasteiger charge is -2.12. The van der Waals surface area contributed by atoms with Crippen LogP contribution in [-0.2, 0) is 0 Å². The maximum atomic E-state index is 13.7. The van der Waals surface area contributed by atoms with Crippen molar-refractivity contribution < 1.29 is 23.5 Å². The maximum absolute atomic E-state index is 13.7. The Bertz CT molecular complexity index is 777. The standard InChI is InChI=1S/C17H17FN2O4/c1-19-16(21)11-5-7-15(24-3)13(9-11)20-17(22)10-4-6-14(23-2)12(18)8-10/h4-9H,1-3H3,(H,19,21)(H,20,22). The molecule has 0 aliphatic rings. The third-order valence-corrected chi connectivity index (χ3v) is 3.35. The van der Waals surface area contributed by atoms with Gasteiger partial charge in [0.15, 0.2) is 11.6 Å². The third kappa shape index (κ3) is 3.62. The minimum Gasteiger partial charge on any atom is -0.495 e. The highest BCUT2D eigenvalue weighted by molar-refractivity contribution is 6.06. The minimum absolute atomic E-state index is 0.0470. The quantitative estimate of drug-likeness (QED) is 0.882. The van der Waals surface area contributed by atoms with E-state index in [1.165, 1.54) is 39.5 Å². The Morgan fingerprint density at radius 3 is 2.04 bits per heavy atom. The Morgan fingerprint density at radius 2 is 1.50 bits per heavy atom. The largest absolute Gasteiger partial charge is 0.495 e. The first-order valence-electron chi connectivity index (χ1n) is 7.05. The Balaban J connectivity index is 2.30. The van der Waals surface area contributed by atoms with Gasteiger partial charge in [0.25, 0.3) is 11.8 Å². The van der Waals surface area contributed by atoms with Crippen LogP contribution in [-0.4, -0.2) is 33.1 Å². The summed E-state index contributed by atoms with van der Waals surface area (Å²) in [4.78, 5) is 24.0. The molecule has 0 saturated heterocycles. The molecule has 0 saturated carbocycles. The summed E-state index contributed by atoms with van der Waals surface area (Å²) >= 11 is 0. The summed E-state index contributed by atoms with van der Waals surface area (Å²) in [6.45, 7) is 0. The van der Waals surface area contributed by atoms with Gasteiger partial charge in [-0.15, -0.1) is 0 Å². The molecule has 0 spiro atoms. The van der Waals surface area contributed by atoms with Crippen molar-refractivity contribution in [2.45, 2.75) is 0 Å². The van der Waals surface area contributed by atoms with Crippen LogP contribution in [0, 0.1) is 5.82 Å². The van der Waals surface area contributed by atoms with E-state index in [0.29, 0.717) is 17.0 Å². The summed E-state index contributed by atoms with van der Waals surface area (Å²) in [6, 6.07) is 8.49. The van der Waals surface area contributed by atoms with Crippen molar-refractivity contribution in [3.8, 4) is 11.5 Å². The van der Waals surface area contributed by atoms with E-state index in [9.17, 15) is 14.0 Å². The summed E-state index contributed by atoms with van der Waals surface area (Å²) in [5.41, 5.74) is 0.773. The molecule has 0 aromatic heterocycles. The second-order valence-corrected chi connectivity index (χ2v) is 4.80. The average Bonchev–Trinajstić information content (AvgIpc) is 2.60. The van der Waals surface area contributed by atoms with Crippen molar-refractivity contribution in [2.75, 3.05) is 26.6 Å². The van der Waals surface area contributed by atoms with Gasteiger partial charge in [-0.3, -0.25) is 9.59 Å². The van der Waals surface area contributed by atoms with Crippen LogP contribution in [0.4, 0.5) is 10.1 Å². The Hall–Kier alpha value is -3.09. The van der Waals surface area contributed by atoms with E-state index in [1.807, 2.05) is 0 Å². The number of carbonyl (C=O) groups excluding carboxylic acids is 2. The molecule has 24 heavy (non-hydrogen) atoms. The Labute approximate surface area is 138 Å². The van der Waals surface area contributed by atoms with Crippen LogP contribution in [0.3, 0.4) is 0 Å². The molecule has 0 atom stereocenters. The van der Waals surface area contributed by atoms with Gasteiger partial charge in [0.2, 0.25) is 0 Å². The number of halogens is 1. The van der Waals surface area contributed by atoms with Crippen LogP contribution in [0.5, 0.6) is 11.5 Å². The fourth-order valence-electron chi connectivity index (χ4n) is 2.09. The molecule has 126 valence electrons. The van der Waals surface area contributed by atoms with E-state index in [4.69, 9.17) is 9.47 Å². The number of hydrogen-bond donors (Lipinski definition) is 2. The lowest BCUT2D eigenvalue weighted by Crippen LogP contribution is -2.19. The summed E-state index contributed by atoms with van der Waals surface area (Å²) < 4.78 is 23.7. The van der Waals surface area contributed by atoms with E-state index in [0.717, 1.165) is 6.07 Å². The molecule has 7 heteroatoms. The van der Waals surface area contributed by atoms with Gasteiger partial charge in [0.1, 0.15) is 5.75 Å². The normalized spacial score (nSPS) is 10.0. The van der Waals surface area contributed by atoms with Crippen molar-refractivity contribution in [3.63, 3.8) is 0 Å². The highest BCUT2D eigenvalue weighted by Crippen LogP contribution is 2.26. The molecular weight excluding hydrogens is 315 g/mol. The first kappa shape index (κ1) is 17.3. The topological polar surface area (TPSA) is 76.7 Å². The van der Waals surface area contributed by atoms with E-state index >= 15 is 0 Å². The van der Waals surface area contributed by atoms with E-state index in [-0.39, 0.29) is 17.2 Å². The number of ether oxygens (including phenoxy) is 2. The number of anilines is 1. The molecule has 0 heterocycles. The fourth-order valence-corrected chi connectivity index (χ4v) is 2.09. The Morgan fingerprint density at radius 1 is 0.917 bits per heavy atom. The molecule has 0 unspecified atom stereocenters. The molecule has 0 bridgehead atoms. The van der Waals surface area contributed by atoms with Gasteiger partial charge in [0, 0.05) is 18.2 Å². The van der Waals surface area contributed by atoms with E-state index in [2.05, 4.69) is 10.6 Å². The monoisotopic (exact) mass is 332 g/mol. The molecular formula is C17H17FN2O4. The van der Waals surface area contributed by atoms with Crippen LogP contribution in [0.15, 0.2) is 36.4 Å². The molecule has 2 N–H and O–H groups in total. The van der Waals surface area contributed by atoms with Crippen molar-refractivity contribution in [3.05, 3.63) is 53.3 Å². The van der Waals surface area contributed by atoms with Gasteiger partial charge in [-0.2, -0.15) is 0 Å². The molecule has 0 aliphatic carbocycles. The number of hydrogen-bond acceptors (Lipinski definition) is 4. The van der Waals surface area contributed by atoms with Gasteiger partial charge < -0.3 is 20.1 Å². The van der Waals surface area contributed by atoms with Crippen LogP contribution in [0.1, 0.15) is 20.7 Å². The van der Waals surface area contributed by atoms with Crippen LogP contribution < -0.4 is 20.1 Å². The predicted molar refractivity (Wildman–Crippen MR) is 87.3 cm³/mol. The summed E-state index contributed by atoms with van der Waals surface area (Å²) in [7, 11) is 4.29. The molecule has 2 aromatic rings. The zero-order valence-electron chi connectivity index (χ0n) is 13.5. The van der Waals surface area contributed by atoms with Gasteiger partial charge >= 0.3 is 0 Å². The lowest BCUT2D eigenvalue weighted by atomic mass is 10.1. The van der Waals surface area contributed by atoms with Crippen molar-refractivity contribution >= 4 is 17.5 Å². The maximum Gasteiger partial charge on any atom is 0.255 e. The molecule has 0 radical (unpaired) electrons. The Kier molecular flexibility index (Phi) is 5.36. The smallest absolute Gasteiger partial charge is 0.255 e. The molecule has 2 rings (SSSR count). The minimum atomic E-state index is -0.642. The van der Waals surface area contributed by atoms with Gasteiger partial charge in [0.05, 0.1) is 19.9 Å². The number of carbonyl (C=O) groups is 2. The molecule has 0 fully saturated rings. The number of methoxy groups -OCH3 is 2. The summed E-state index contributed by atoms with van der Waals surface area (Å²) in [5, 5.41) is 5.11. The van der Waals surface area contributed by atoms with Gasteiger partial charge in [-0.1, -0.05) is 0 Å². The molecule has 2 aromatic carbocycles. The highest BCUT2D eigenvalue weighted by atomic mass is 19.1.